The third kappa shape index (κ3) is 2.06. The van der Waals surface area contributed by atoms with E-state index in [1.165, 1.54) is 4.88 Å². The number of hydrogen-bond acceptors (Lipinski definition) is 3. The van der Waals surface area contributed by atoms with E-state index in [9.17, 15) is 9.59 Å². The highest BCUT2D eigenvalue weighted by Gasteiger charge is 2.45. The minimum Gasteiger partial charge on any atom is -0.329 e. The van der Waals surface area contributed by atoms with Crippen LogP contribution in [0.15, 0.2) is 12.1 Å². The molecule has 3 rings (SSSR count). The maximum atomic E-state index is 12.5. The van der Waals surface area contributed by atoms with Gasteiger partial charge < -0.3 is 9.80 Å². The van der Waals surface area contributed by atoms with E-state index in [0.717, 1.165) is 24.3 Å². The summed E-state index contributed by atoms with van der Waals surface area (Å²) in [6.45, 7) is 5.20. The highest BCUT2D eigenvalue weighted by Crippen LogP contribution is 2.29. The average molecular weight is 278 g/mol. The SMILES string of the molecule is Cc1ccc(CN2C(=O)C3CCCN3C(=O)C2C)s1. The van der Waals surface area contributed by atoms with E-state index in [0.29, 0.717) is 6.54 Å². The van der Waals surface area contributed by atoms with Crippen molar-refractivity contribution < 1.29 is 9.59 Å². The van der Waals surface area contributed by atoms with Gasteiger partial charge in [-0.15, -0.1) is 11.3 Å². The van der Waals surface area contributed by atoms with Gasteiger partial charge in [0.2, 0.25) is 11.8 Å². The van der Waals surface area contributed by atoms with E-state index in [2.05, 4.69) is 13.0 Å². The Bertz CT molecular complexity index is 525. The molecule has 0 N–H and O–H groups in total. The topological polar surface area (TPSA) is 40.6 Å². The fourth-order valence-electron chi connectivity index (χ4n) is 3.00. The first-order valence-corrected chi connectivity index (χ1v) is 7.56. The molecule has 19 heavy (non-hydrogen) atoms. The molecule has 3 heterocycles. The first-order valence-electron chi connectivity index (χ1n) is 6.74. The monoisotopic (exact) mass is 278 g/mol. The molecule has 2 amide bonds. The van der Waals surface area contributed by atoms with Crippen molar-refractivity contribution in [3.8, 4) is 0 Å². The van der Waals surface area contributed by atoms with Crippen LogP contribution in [-0.2, 0) is 16.1 Å². The maximum absolute atomic E-state index is 12.5. The number of rotatable bonds is 2. The van der Waals surface area contributed by atoms with Crippen LogP contribution >= 0.6 is 11.3 Å². The minimum atomic E-state index is -0.329. The predicted molar refractivity (Wildman–Crippen MR) is 73.8 cm³/mol. The minimum absolute atomic E-state index is 0.107. The van der Waals surface area contributed by atoms with Crippen LogP contribution in [0.1, 0.15) is 29.5 Å². The number of amides is 2. The molecule has 5 heteroatoms. The van der Waals surface area contributed by atoms with Gasteiger partial charge in [0.05, 0.1) is 6.54 Å². The second-order valence-electron chi connectivity index (χ2n) is 5.34. The van der Waals surface area contributed by atoms with Gasteiger partial charge in [0, 0.05) is 16.3 Å². The molecule has 102 valence electrons. The molecule has 2 saturated heterocycles. The molecule has 2 unspecified atom stereocenters. The number of carbonyl (C=O) groups excluding carboxylic acids is 2. The second kappa shape index (κ2) is 4.63. The molecule has 4 nitrogen and oxygen atoms in total. The van der Waals surface area contributed by atoms with Crippen LogP contribution < -0.4 is 0 Å². The molecule has 0 saturated carbocycles. The van der Waals surface area contributed by atoms with Crippen molar-refractivity contribution in [2.45, 2.75) is 45.3 Å². The van der Waals surface area contributed by atoms with E-state index < -0.39 is 0 Å². The highest BCUT2D eigenvalue weighted by molar-refractivity contribution is 7.11. The van der Waals surface area contributed by atoms with Crippen molar-refractivity contribution in [3.05, 3.63) is 21.9 Å². The van der Waals surface area contributed by atoms with Gasteiger partial charge in [-0.3, -0.25) is 9.59 Å². The Morgan fingerprint density at radius 3 is 2.79 bits per heavy atom. The Hall–Kier alpha value is -1.36. The Kier molecular flexibility index (Phi) is 3.09. The summed E-state index contributed by atoms with van der Waals surface area (Å²) in [4.78, 5) is 30.7. The smallest absolute Gasteiger partial charge is 0.246 e. The molecule has 0 radical (unpaired) electrons. The van der Waals surface area contributed by atoms with Crippen LogP contribution in [0.2, 0.25) is 0 Å². The lowest BCUT2D eigenvalue weighted by Gasteiger charge is -2.40. The third-order valence-electron chi connectivity index (χ3n) is 4.05. The zero-order valence-electron chi connectivity index (χ0n) is 11.3. The largest absolute Gasteiger partial charge is 0.329 e. The molecule has 0 spiro atoms. The van der Waals surface area contributed by atoms with Gasteiger partial charge in [-0.1, -0.05) is 0 Å². The normalized spacial score (nSPS) is 27.1. The van der Waals surface area contributed by atoms with E-state index in [1.807, 2.05) is 13.0 Å². The van der Waals surface area contributed by atoms with Gasteiger partial charge in [0.1, 0.15) is 12.1 Å². The van der Waals surface area contributed by atoms with Crippen LogP contribution in [0, 0.1) is 6.92 Å². The lowest BCUT2D eigenvalue weighted by Crippen LogP contribution is -2.61. The fourth-order valence-corrected chi connectivity index (χ4v) is 3.89. The van der Waals surface area contributed by atoms with Crippen molar-refractivity contribution in [2.24, 2.45) is 0 Å². The first kappa shape index (κ1) is 12.7. The van der Waals surface area contributed by atoms with Crippen molar-refractivity contribution >= 4 is 23.2 Å². The molecule has 2 atom stereocenters. The van der Waals surface area contributed by atoms with Crippen molar-refractivity contribution in [1.82, 2.24) is 9.80 Å². The number of thiophene rings is 1. The molecule has 2 fully saturated rings. The Morgan fingerprint density at radius 1 is 1.32 bits per heavy atom. The molecule has 0 aromatic carbocycles. The Morgan fingerprint density at radius 2 is 2.11 bits per heavy atom. The first-order chi connectivity index (χ1) is 9.08. The van der Waals surface area contributed by atoms with E-state index in [4.69, 9.17) is 0 Å². The Balaban J connectivity index is 1.83. The number of nitrogens with zero attached hydrogens (tertiary/aromatic N) is 2. The molecular formula is C14H18N2O2S. The van der Waals surface area contributed by atoms with Gasteiger partial charge in [-0.05, 0) is 38.8 Å². The van der Waals surface area contributed by atoms with Gasteiger partial charge in [0.15, 0.2) is 0 Å². The number of piperazine rings is 1. The summed E-state index contributed by atoms with van der Waals surface area (Å²) in [5.41, 5.74) is 0. The molecule has 0 aliphatic carbocycles. The fraction of sp³-hybridized carbons (Fsp3) is 0.571. The standard InChI is InChI=1S/C14H18N2O2S/c1-9-5-6-11(19-9)8-16-10(2)13(17)15-7-3-4-12(15)14(16)18/h5-6,10,12H,3-4,7-8H2,1-2H3. The van der Waals surface area contributed by atoms with E-state index in [1.54, 1.807) is 21.1 Å². The lowest BCUT2D eigenvalue weighted by atomic mass is 10.1. The highest BCUT2D eigenvalue weighted by atomic mass is 32.1. The summed E-state index contributed by atoms with van der Waals surface area (Å²) < 4.78 is 0. The zero-order valence-corrected chi connectivity index (χ0v) is 12.1. The number of hydrogen-bond donors (Lipinski definition) is 0. The van der Waals surface area contributed by atoms with Crippen LogP contribution in [-0.4, -0.2) is 40.2 Å². The molecular weight excluding hydrogens is 260 g/mol. The average Bonchev–Trinajstić information content (AvgIpc) is 3.01. The summed E-state index contributed by atoms with van der Waals surface area (Å²) in [6, 6.07) is 3.57. The zero-order chi connectivity index (χ0) is 13.6. The predicted octanol–water partition coefficient (Wildman–Crippen LogP) is 1.78. The number of fused-ring (bicyclic) bond motifs is 1. The molecule has 2 aliphatic heterocycles. The van der Waals surface area contributed by atoms with E-state index in [-0.39, 0.29) is 23.9 Å². The van der Waals surface area contributed by atoms with Gasteiger partial charge in [-0.2, -0.15) is 0 Å². The molecule has 2 aliphatic rings. The number of carbonyl (C=O) groups is 2. The lowest BCUT2D eigenvalue weighted by molar-refractivity contribution is -0.159. The summed E-state index contributed by atoms with van der Waals surface area (Å²) in [6.07, 6.45) is 1.76. The van der Waals surface area contributed by atoms with Crippen LogP contribution in [0.5, 0.6) is 0 Å². The van der Waals surface area contributed by atoms with Gasteiger partial charge in [-0.25, -0.2) is 0 Å². The molecule has 1 aromatic heterocycles. The summed E-state index contributed by atoms with van der Waals surface area (Å²) in [7, 11) is 0. The summed E-state index contributed by atoms with van der Waals surface area (Å²) >= 11 is 1.69. The van der Waals surface area contributed by atoms with Gasteiger partial charge >= 0.3 is 0 Å². The second-order valence-corrected chi connectivity index (χ2v) is 6.72. The summed E-state index contributed by atoms with van der Waals surface area (Å²) in [5, 5.41) is 0. The Labute approximate surface area is 117 Å². The third-order valence-corrected chi connectivity index (χ3v) is 5.04. The van der Waals surface area contributed by atoms with Crippen LogP contribution in [0.25, 0.3) is 0 Å². The summed E-state index contributed by atoms with van der Waals surface area (Å²) in [5.74, 6) is 0.228. The molecule has 1 aromatic rings. The van der Waals surface area contributed by atoms with Gasteiger partial charge in [0.25, 0.3) is 0 Å². The van der Waals surface area contributed by atoms with Crippen LogP contribution in [0.4, 0.5) is 0 Å². The van der Waals surface area contributed by atoms with Crippen LogP contribution in [0.3, 0.4) is 0 Å². The van der Waals surface area contributed by atoms with Crippen molar-refractivity contribution in [3.63, 3.8) is 0 Å². The molecule has 0 bridgehead atoms. The van der Waals surface area contributed by atoms with Crippen molar-refractivity contribution in [2.75, 3.05) is 6.54 Å². The quantitative estimate of drug-likeness (QED) is 0.827. The maximum Gasteiger partial charge on any atom is 0.246 e. The van der Waals surface area contributed by atoms with Crippen molar-refractivity contribution in [1.29, 1.82) is 0 Å². The van der Waals surface area contributed by atoms with E-state index >= 15 is 0 Å². The number of aryl methyl sites for hydroxylation is 1.